The molecule has 2 saturated carbocycles. The van der Waals surface area contributed by atoms with Crippen LogP contribution >= 0.6 is 0 Å². The standard InChI is InChI=1S/C49H45N5O2/c1-28-20-37-30(3)26-51-44(37)23-38(28)46(55)53-48(17-18-48)41-12-7-10-32-22-33(14-15-36(32)41)43-25-49(43,42-13-6-9-31-8-4-5-11-35(31)42)54-47(56)39-24-45-40(21-29(39)2)34(16-19-50)27-52-45/h4-15,20-24,26-27,43,51-52H,16-19,25,50H2,1-3H3,(H,53,55)(H,54,56). The van der Waals surface area contributed by atoms with Crippen molar-refractivity contribution in [3.05, 3.63) is 166 Å². The molecule has 6 aromatic carbocycles. The lowest BCUT2D eigenvalue weighted by molar-refractivity contribution is 0.0921. The zero-order chi connectivity index (χ0) is 38.3. The number of carbonyl (C=O) groups is 2. The van der Waals surface area contributed by atoms with Gasteiger partial charge in [0.2, 0.25) is 0 Å². The predicted octanol–water partition coefficient (Wildman–Crippen LogP) is 9.61. The molecule has 2 amide bonds. The van der Waals surface area contributed by atoms with Crippen molar-refractivity contribution in [1.29, 1.82) is 0 Å². The van der Waals surface area contributed by atoms with E-state index in [1.165, 1.54) is 16.7 Å². The summed E-state index contributed by atoms with van der Waals surface area (Å²) in [6.45, 7) is 6.68. The van der Waals surface area contributed by atoms with Crippen molar-refractivity contribution in [3.63, 3.8) is 0 Å². The number of benzene rings is 6. The summed E-state index contributed by atoms with van der Waals surface area (Å²) in [4.78, 5) is 35.0. The van der Waals surface area contributed by atoms with E-state index >= 15 is 0 Å². The maximum Gasteiger partial charge on any atom is 0.252 e. The van der Waals surface area contributed by atoms with Crippen molar-refractivity contribution in [2.24, 2.45) is 5.73 Å². The van der Waals surface area contributed by atoms with Gasteiger partial charge in [0.05, 0.1) is 11.1 Å². The van der Waals surface area contributed by atoms with Crippen LogP contribution in [-0.4, -0.2) is 28.3 Å². The Morgan fingerprint density at radius 2 is 1.30 bits per heavy atom. The maximum absolute atomic E-state index is 14.5. The summed E-state index contributed by atoms with van der Waals surface area (Å²) in [6, 6.07) is 36.2. The van der Waals surface area contributed by atoms with E-state index in [1.54, 1.807) is 0 Å². The van der Waals surface area contributed by atoms with Crippen molar-refractivity contribution in [2.75, 3.05) is 6.54 Å². The van der Waals surface area contributed by atoms with Gasteiger partial charge in [-0.15, -0.1) is 0 Å². The number of aromatic amines is 2. The zero-order valence-electron chi connectivity index (χ0n) is 32.0. The molecule has 2 atom stereocenters. The molecule has 10 rings (SSSR count). The molecule has 6 N–H and O–H groups in total. The van der Waals surface area contributed by atoms with Gasteiger partial charge < -0.3 is 26.3 Å². The van der Waals surface area contributed by atoms with Gasteiger partial charge in [0.15, 0.2) is 0 Å². The third-order valence-corrected chi connectivity index (χ3v) is 12.7. The molecule has 2 unspecified atom stereocenters. The van der Waals surface area contributed by atoms with Crippen molar-refractivity contribution in [3.8, 4) is 0 Å². The lowest BCUT2D eigenvalue weighted by Crippen LogP contribution is -2.37. The van der Waals surface area contributed by atoms with E-state index < -0.39 is 11.1 Å². The van der Waals surface area contributed by atoms with Crippen LogP contribution in [0.1, 0.15) is 84.8 Å². The second-order valence-corrected chi connectivity index (χ2v) is 16.3. The quantitative estimate of drug-likeness (QED) is 0.102. The molecule has 8 aromatic rings. The Morgan fingerprint density at radius 1 is 0.661 bits per heavy atom. The zero-order valence-corrected chi connectivity index (χ0v) is 32.0. The van der Waals surface area contributed by atoms with Gasteiger partial charge in [-0.25, -0.2) is 0 Å². The summed E-state index contributed by atoms with van der Waals surface area (Å²) in [5, 5.41) is 13.9. The van der Waals surface area contributed by atoms with Crippen LogP contribution < -0.4 is 16.4 Å². The highest BCUT2D eigenvalue weighted by molar-refractivity contribution is 6.03. The van der Waals surface area contributed by atoms with Gasteiger partial charge in [-0.1, -0.05) is 78.9 Å². The molecule has 7 nitrogen and oxygen atoms in total. The minimum Gasteiger partial charge on any atom is -0.361 e. The van der Waals surface area contributed by atoms with Crippen molar-refractivity contribution in [1.82, 2.24) is 20.6 Å². The number of amides is 2. The van der Waals surface area contributed by atoms with Gasteiger partial charge in [0.1, 0.15) is 0 Å². The van der Waals surface area contributed by atoms with E-state index in [0.717, 1.165) is 91.3 Å². The SMILES string of the molecule is Cc1cc2c(C)c[nH]c2cc1C(=O)NC1(c2cccc3cc(C4CC4(NC(=O)c4cc5[nH]cc(CCN)c5cc4C)c4cccc5ccccc45)ccc23)CC1. The molecule has 2 aliphatic carbocycles. The Bertz CT molecular complexity index is 2910. The monoisotopic (exact) mass is 735 g/mol. The molecule has 2 aromatic heterocycles. The van der Waals surface area contributed by atoms with Crippen LogP contribution in [0, 0.1) is 20.8 Å². The van der Waals surface area contributed by atoms with Crippen LogP contribution in [0.5, 0.6) is 0 Å². The summed E-state index contributed by atoms with van der Waals surface area (Å²) in [7, 11) is 0. The highest BCUT2D eigenvalue weighted by atomic mass is 16.2. The molecule has 0 saturated heterocycles. The van der Waals surface area contributed by atoms with E-state index in [-0.39, 0.29) is 17.7 Å². The van der Waals surface area contributed by atoms with Crippen LogP contribution in [0.4, 0.5) is 0 Å². The molecule has 0 aliphatic heterocycles. The first kappa shape index (κ1) is 34.3. The first-order valence-corrected chi connectivity index (χ1v) is 19.7. The molecular weight excluding hydrogens is 691 g/mol. The fourth-order valence-electron chi connectivity index (χ4n) is 9.47. The van der Waals surface area contributed by atoms with Crippen LogP contribution in [0.15, 0.2) is 116 Å². The number of nitrogens with one attached hydrogen (secondary N) is 4. The first-order chi connectivity index (χ1) is 27.2. The van der Waals surface area contributed by atoms with E-state index in [2.05, 4.69) is 119 Å². The van der Waals surface area contributed by atoms with Crippen molar-refractivity contribution < 1.29 is 9.59 Å². The number of hydrogen-bond donors (Lipinski definition) is 5. The molecule has 7 heteroatoms. The molecule has 278 valence electrons. The summed E-state index contributed by atoms with van der Waals surface area (Å²) >= 11 is 0. The minimum atomic E-state index is -0.590. The average molecular weight is 736 g/mol. The number of aryl methyl sites for hydroxylation is 3. The summed E-state index contributed by atoms with van der Waals surface area (Å²) < 4.78 is 0. The van der Waals surface area contributed by atoms with E-state index in [0.29, 0.717) is 17.7 Å². The Labute approximate surface area is 325 Å². The van der Waals surface area contributed by atoms with Gasteiger partial charge in [0, 0.05) is 51.2 Å². The first-order valence-electron chi connectivity index (χ1n) is 19.7. The molecule has 2 fully saturated rings. The minimum absolute atomic E-state index is 0.0435. The molecule has 0 bridgehead atoms. The second kappa shape index (κ2) is 12.7. The third kappa shape index (κ3) is 5.44. The number of carbonyl (C=O) groups excluding carboxylic acids is 2. The predicted molar refractivity (Wildman–Crippen MR) is 226 cm³/mol. The molecule has 0 radical (unpaired) electrons. The fraction of sp³-hybridized carbons (Fsp3) is 0.224. The van der Waals surface area contributed by atoms with Gasteiger partial charge in [0.25, 0.3) is 11.8 Å². The Kier molecular flexibility index (Phi) is 7.77. The number of H-pyrrole nitrogens is 2. The highest BCUT2D eigenvalue weighted by Crippen LogP contribution is 2.60. The smallest absolute Gasteiger partial charge is 0.252 e. The number of fused-ring (bicyclic) bond motifs is 4. The molecule has 0 spiro atoms. The van der Waals surface area contributed by atoms with Crippen LogP contribution in [0.25, 0.3) is 43.4 Å². The summed E-state index contributed by atoms with van der Waals surface area (Å²) in [5.41, 5.74) is 15.9. The topological polar surface area (TPSA) is 116 Å². The summed E-state index contributed by atoms with van der Waals surface area (Å²) in [5.74, 6) is -0.0526. The normalized spacial score (nSPS) is 18.5. The molecule has 56 heavy (non-hydrogen) atoms. The van der Waals surface area contributed by atoms with Crippen LogP contribution in [0.2, 0.25) is 0 Å². The lowest BCUT2D eigenvalue weighted by Gasteiger charge is -2.24. The van der Waals surface area contributed by atoms with Gasteiger partial charge >= 0.3 is 0 Å². The largest absolute Gasteiger partial charge is 0.361 e. The average Bonchev–Trinajstić information content (AvgIpc) is 4.07. The number of nitrogens with two attached hydrogens (primary N) is 1. The fourth-order valence-corrected chi connectivity index (χ4v) is 9.47. The van der Waals surface area contributed by atoms with E-state index in [1.807, 2.05) is 38.4 Å². The van der Waals surface area contributed by atoms with Crippen LogP contribution in [-0.2, 0) is 17.5 Å². The molecular formula is C49H45N5O2. The highest BCUT2D eigenvalue weighted by Gasteiger charge is 2.58. The number of aromatic nitrogens is 2. The Balaban J connectivity index is 0.993. The van der Waals surface area contributed by atoms with Gasteiger partial charge in [-0.05, 0) is 138 Å². The number of hydrogen-bond acceptors (Lipinski definition) is 3. The van der Waals surface area contributed by atoms with Gasteiger partial charge in [-0.2, -0.15) is 0 Å². The summed E-state index contributed by atoms with van der Waals surface area (Å²) in [6.07, 6.45) is 7.34. The van der Waals surface area contributed by atoms with E-state index in [9.17, 15) is 9.59 Å². The maximum atomic E-state index is 14.5. The Morgan fingerprint density at radius 3 is 2.07 bits per heavy atom. The molecule has 2 heterocycles. The lowest BCUT2D eigenvalue weighted by atomic mass is 9.91. The number of rotatable bonds is 9. The second-order valence-electron chi connectivity index (χ2n) is 16.3. The van der Waals surface area contributed by atoms with Crippen molar-refractivity contribution >= 4 is 55.2 Å². The third-order valence-electron chi connectivity index (χ3n) is 12.7. The van der Waals surface area contributed by atoms with E-state index in [4.69, 9.17) is 5.73 Å². The Hall–Kier alpha value is -6.18. The molecule has 2 aliphatic rings. The van der Waals surface area contributed by atoms with Crippen LogP contribution in [0.3, 0.4) is 0 Å². The van der Waals surface area contributed by atoms with Crippen molar-refractivity contribution in [2.45, 2.75) is 63.5 Å². The van der Waals surface area contributed by atoms with Gasteiger partial charge in [-0.3, -0.25) is 9.59 Å².